The Morgan fingerprint density at radius 2 is 1.56 bits per heavy atom. The normalized spacial score (nSPS) is 10.6. The third kappa shape index (κ3) is 6.62. The van der Waals surface area contributed by atoms with E-state index >= 15 is 0 Å². The highest BCUT2D eigenvalue weighted by atomic mass is 16.7. The fraction of sp³-hybridized carbons (Fsp3) is 0.636. The van der Waals surface area contributed by atoms with Gasteiger partial charge in [-0.15, -0.1) is 0 Å². The molecule has 0 heterocycles. The molecule has 18 heavy (non-hydrogen) atoms. The Balaban J connectivity index is 3.94. The maximum atomic E-state index is 11.3. The number of carboxylic acid groups (broad SMARTS) is 1. The van der Waals surface area contributed by atoms with Gasteiger partial charge in [-0.05, 0) is 20.8 Å². The van der Waals surface area contributed by atoms with Crippen molar-refractivity contribution in [2.45, 2.75) is 33.6 Å². The summed E-state index contributed by atoms with van der Waals surface area (Å²) < 4.78 is 8.98. The van der Waals surface area contributed by atoms with E-state index in [9.17, 15) is 19.2 Å². The molecule has 7 nitrogen and oxygen atoms in total. The summed E-state index contributed by atoms with van der Waals surface area (Å²) in [6.07, 6.45) is -0.892. The molecule has 0 aromatic heterocycles. The molecular weight excluding hydrogens is 244 g/mol. The van der Waals surface area contributed by atoms with Gasteiger partial charge in [-0.2, -0.15) is 0 Å². The number of rotatable bonds is 6. The zero-order chi connectivity index (χ0) is 14.3. The van der Waals surface area contributed by atoms with Crippen LogP contribution in [-0.2, 0) is 28.7 Å². The van der Waals surface area contributed by atoms with Gasteiger partial charge in [-0.3, -0.25) is 14.4 Å². The fourth-order valence-electron chi connectivity index (χ4n) is 0.756. The zero-order valence-corrected chi connectivity index (χ0v) is 10.5. The molecule has 0 aromatic carbocycles. The summed E-state index contributed by atoms with van der Waals surface area (Å²) in [6, 6.07) is 0. The lowest BCUT2D eigenvalue weighted by Crippen LogP contribution is -2.26. The second kappa shape index (κ2) is 6.73. The molecule has 0 amide bonds. The smallest absolute Gasteiger partial charge is 0.377 e. The highest BCUT2D eigenvalue weighted by Gasteiger charge is 2.24. The fourth-order valence-corrected chi connectivity index (χ4v) is 0.756. The van der Waals surface area contributed by atoms with Gasteiger partial charge in [0, 0.05) is 6.42 Å². The molecule has 0 fully saturated rings. The zero-order valence-electron chi connectivity index (χ0n) is 10.5. The summed E-state index contributed by atoms with van der Waals surface area (Å²) in [7, 11) is 0. The van der Waals surface area contributed by atoms with E-state index in [1.165, 1.54) is 0 Å². The lowest BCUT2D eigenvalue weighted by atomic mass is 9.98. The minimum Gasteiger partial charge on any atom is -0.481 e. The van der Waals surface area contributed by atoms with Crippen LogP contribution in [0.15, 0.2) is 0 Å². The summed E-state index contributed by atoms with van der Waals surface area (Å²) in [5.41, 5.74) is -0.736. The van der Waals surface area contributed by atoms with Crippen molar-refractivity contribution in [3.63, 3.8) is 0 Å². The van der Waals surface area contributed by atoms with E-state index in [0.29, 0.717) is 0 Å². The van der Waals surface area contributed by atoms with Crippen LogP contribution in [0.1, 0.15) is 33.6 Å². The van der Waals surface area contributed by atoms with Crippen LogP contribution < -0.4 is 0 Å². The number of carboxylic acids is 1. The third-order valence-electron chi connectivity index (χ3n) is 1.79. The first-order valence-corrected chi connectivity index (χ1v) is 5.23. The lowest BCUT2D eigenvalue weighted by molar-refractivity contribution is -0.175. The van der Waals surface area contributed by atoms with Crippen LogP contribution in [0.5, 0.6) is 0 Å². The van der Waals surface area contributed by atoms with Gasteiger partial charge in [0.1, 0.15) is 0 Å². The highest BCUT2D eigenvalue weighted by Crippen LogP contribution is 2.14. The third-order valence-corrected chi connectivity index (χ3v) is 1.79. The molecule has 0 unspecified atom stereocenters. The van der Waals surface area contributed by atoms with Gasteiger partial charge < -0.3 is 14.6 Å². The van der Waals surface area contributed by atoms with Crippen molar-refractivity contribution in [1.29, 1.82) is 0 Å². The topological polar surface area (TPSA) is 107 Å². The van der Waals surface area contributed by atoms with Gasteiger partial charge in [0.25, 0.3) is 0 Å². The van der Waals surface area contributed by atoms with Crippen molar-refractivity contribution in [1.82, 2.24) is 0 Å². The standard InChI is InChI=1S/C11H16O7/c1-11(2,3)10(16)18-6-17-9(15)7(12)4-5-8(13)14/h4-6H2,1-3H3,(H,13,14). The number of ketones is 1. The molecule has 102 valence electrons. The van der Waals surface area contributed by atoms with Gasteiger partial charge >= 0.3 is 17.9 Å². The maximum absolute atomic E-state index is 11.3. The largest absolute Gasteiger partial charge is 0.481 e. The van der Waals surface area contributed by atoms with E-state index in [1.54, 1.807) is 20.8 Å². The highest BCUT2D eigenvalue weighted by molar-refractivity contribution is 6.33. The van der Waals surface area contributed by atoms with Crippen molar-refractivity contribution in [3.05, 3.63) is 0 Å². The average Bonchev–Trinajstić information content (AvgIpc) is 2.23. The quantitative estimate of drug-likeness (QED) is 0.421. The second-order valence-electron chi connectivity index (χ2n) is 4.55. The maximum Gasteiger partial charge on any atom is 0.377 e. The van der Waals surface area contributed by atoms with E-state index in [2.05, 4.69) is 9.47 Å². The summed E-state index contributed by atoms with van der Waals surface area (Å²) in [5, 5.41) is 8.31. The van der Waals surface area contributed by atoms with Crippen molar-refractivity contribution in [3.8, 4) is 0 Å². The Kier molecular flexibility index (Phi) is 6.01. The molecule has 0 radical (unpaired) electrons. The second-order valence-corrected chi connectivity index (χ2v) is 4.55. The van der Waals surface area contributed by atoms with Crippen molar-refractivity contribution >= 4 is 23.7 Å². The number of ether oxygens (including phenoxy) is 2. The van der Waals surface area contributed by atoms with Gasteiger partial charge in [0.2, 0.25) is 12.6 Å². The van der Waals surface area contributed by atoms with Crippen LogP contribution >= 0.6 is 0 Å². The summed E-state index contributed by atoms with van der Waals surface area (Å²) >= 11 is 0. The monoisotopic (exact) mass is 260 g/mol. The van der Waals surface area contributed by atoms with Crippen LogP contribution in [0, 0.1) is 5.41 Å². The average molecular weight is 260 g/mol. The summed E-state index contributed by atoms with van der Waals surface area (Å²) in [5.74, 6) is -3.94. The number of hydrogen-bond donors (Lipinski definition) is 1. The molecule has 0 saturated heterocycles. The molecular formula is C11H16O7. The van der Waals surface area contributed by atoms with Crippen LogP contribution in [-0.4, -0.2) is 35.6 Å². The molecule has 0 aliphatic carbocycles. The molecule has 0 aliphatic heterocycles. The van der Waals surface area contributed by atoms with E-state index in [4.69, 9.17) is 5.11 Å². The molecule has 0 rings (SSSR count). The number of carbonyl (C=O) groups excluding carboxylic acids is 3. The molecule has 7 heteroatoms. The number of esters is 2. The van der Waals surface area contributed by atoms with Gasteiger partial charge in [0.05, 0.1) is 11.8 Å². The number of aliphatic carboxylic acids is 1. The molecule has 0 spiro atoms. The lowest BCUT2D eigenvalue weighted by Gasteiger charge is -2.16. The van der Waals surface area contributed by atoms with E-state index in [0.717, 1.165) is 0 Å². The van der Waals surface area contributed by atoms with E-state index < -0.39 is 48.7 Å². The molecule has 0 aliphatic rings. The van der Waals surface area contributed by atoms with Crippen molar-refractivity contribution in [2.24, 2.45) is 5.41 Å². The van der Waals surface area contributed by atoms with E-state index in [-0.39, 0.29) is 0 Å². The Morgan fingerprint density at radius 1 is 1.00 bits per heavy atom. The van der Waals surface area contributed by atoms with Crippen molar-refractivity contribution < 1.29 is 33.8 Å². The first-order valence-electron chi connectivity index (χ1n) is 5.23. The molecule has 0 bridgehead atoms. The van der Waals surface area contributed by atoms with Crippen LogP contribution in [0.4, 0.5) is 0 Å². The predicted octanol–water partition coefficient (Wildman–Crippen LogP) is 0.510. The van der Waals surface area contributed by atoms with Crippen LogP contribution in [0.25, 0.3) is 0 Å². The summed E-state index contributed by atoms with van der Waals surface area (Å²) in [4.78, 5) is 43.5. The van der Waals surface area contributed by atoms with E-state index in [1.807, 2.05) is 0 Å². The van der Waals surface area contributed by atoms with Crippen LogP contribution in [0.2, 0.25) is 0 Å². The molecule has 0 saturated carbocycles. The Hall–Kier alpha value is -1.92. The Labute approximate surface area is 104 Å². The first-order chi connectivity index (χ1) is 8.14. The summed E-state index contributed by atoms with van der Waals surface area (Å²) in [6.45, 7) is 4.20. The van der Waals surface area contributed by atoms with Gasteiger partial charge in [-0.1, -0.05) is 0 Å². The SMILES string of the molecule is CC(C)(C)C(=O)OCOC(=O)C(=O)CCC(=O)O. The minimum atomic E-state index is -1.21. The Morgan fingerprint density at radius 3 is 2.00 bits per heavy atom. The molecule has 0 atom stereocenters. The minimum absolute atomic E-state index is 0.443. The van der Waals surface area contributed by atoms with Gasteiger partial charge in [0.15, 0.2) is 0 Å². The van der Waals surface area contributed by atoms with Crippen LogP contribution in [0.3, 0.4) is 0 Å². The predicted molar refractivity (Wildman–Crippen MR) is 58.4 cm³/mol. The number of Topliss-reactive ketones (excluding diaryl/α,β-unsaturated/α-hetero) is 1. The van der Waals surface area contributed by atoms with Crippen molar-refractivity contribution in [2.75, 3.05) is 6.79 Å². The Bertz CT molecular complexity index is 351. The molecule has 1 N–H and O–H groups in total. The molecule has 0 aromatic rings. The number of carbonyl (C=O) groups is 4. The van der Waals surface area contributed by atoms with Gasteiger partial charge in [-0.25, -0.2) is 4.79 Å². The first kappa shape index (κ1) is 16.1. The number of hydrogen-bond acceptors (Lipinski definition) is 6.